The summed E-state index contributed by atoms with van der Waals surface area (Å²) >= 11 is 0. The first-order chi connectivity index (χ1) is 9.28. The summed E-state index contributed by atoms with van der Waals surface area (Å²) in [6.07, 6.45) is 0.805. The molecule has 1 unspecified atom stereocenters. The molecule has 1 heterocycles. The molecule has 0 radical (unpaired) electrons. The van der Waals surface area contributed by atoms with Crippen LogP contribution in [0, 0.1) is 0 Å². The molecule has 2 atom stereocenters. The van der Waals surface area contributed by atoms with Crippen LogP contribution in [0.15, 0.2) is 48.5 Å². The predicted molar refractivity (Wildman–Crippen MR) is 74.4 cm³/mol. The SMILES string of the molecule is COc1ccc2c(c1)OC(c1ccccc1)C[C@H]2N. The van der Waals surface area contributed by atoms with Crippen LogP contribution in [0.1, 0.15) is 29.7 Å². The van der Waals surface area contributed by atoms with E-state index in [0.717, 1.165) is 29.0 Å². The lowest BCUT2D eigenvalue weighted by Gasteiger charge is -2.30. The second-order valence-electron chi connectivity index (χ2n) is 4.76. The fourth-order valence-electron chi connectivity index (χ4n) is 2.48. The van der Waals surface area contributed by atoms with Crippen molar-refractivity contribution < 1.29 is 9.47 Å². The van der Waals surface area contributed by atoms with E-state index in [1.54, 1.807) is 7.11 Å². The van der Waals surface area contributed by atoms with Gasteiger partial charge in [-0.05, 0) is 11.6 Å². The minimum Gasteiger partial charge on any atom is -0.497 e. The third kappa shape index (κ3) is 2.29. The van der Waals surface area contributed by atoms with Crippen LogP contribution in [0.2, 0.25) is 0 Å². The summed E-state index contributed by atoms with van der Waals surface area (Å²) in [5.41, 5.74) is 8.45. The fraction of sp³-hybridized carbons (Fsp3) is 0.250. The van der Waals surface area contributed by atoms with Gasteiger partial charge in [0.2, 0.25) is 0 Å². The summed E-state index contributed by atoms with van der Waals surface area (Å²) in [6.45, 7) is 0. The van der Waals surface area contributed by atoms with Crippen molar-refractivity contribution in [2.75, 3.05) is 7.11 Å². The average Bonchev–Trinajstić information content (AvgIpc) is 2.47. The lowest BCUT2D eigenvalue weighted by molar-refractivity contribution is 0.161. The molecule has 0 fully saturated rings. The maximum atomic E-state index is 6.24. The molecule has 0 saturated heterocycles. The first-order valence-electron chi connectivity index (χ1n) is 6.43. The van der Waals surface area contributed by atoms with E-state index in [1.165, 1.54) is 0 Å². The van der Waals surface area contributed by atoms with Gasteiger partial charge in [-0.25, -0.2) is 0 Å². The summed E-state index contributed by atoms with van der Waals surface area (Å²) in [7, 11) is 1.65. The number of fused-ring (bicyclic) bond motifs is 1. The zero-order valence-electron chi connectivity index (χ0n) is 10.9. The van der Waals surface area contributed by atoms with Crippen molar-refractivity contribution in [3.8, 4) is 11.5 Å². The second-order valence-corrected chi connectivity index (χ2v) is 4.76. The van der Waals surface area contributed by atoms with Gasteiger partial charge in [-0.1, -0.05) is 36.4 Å². The molecule has 1 aliphatic heterocycles. The molecule has 2 N–H and O–H groups in total. The maximum absolute atomic E-state index is 6.24. The Morgan fingerprint density at radius 3 is 2.68 bits per heavy atom. The molecular formula is C16H17NO2. The van der Waals surface area contributed by atoms with Crippen molar-refractivity contribution >= 4 is 0 Å². The topological polar surface area (TPSA) is 44.5 Å². The summed E-state index contributed by atoms with van der Waals surface area (Å²) < 4.78 is 11.3. The number of nitrogens with two attached hydrogens (primary N) is 1. The molecule has 0 saturated carbocycles. The fourth-order valence-corrected chi connectivity index (χ4v) is 2.48. The molecular weight excluding hydrogens is 238 g/mol. The molecule has 3 heteroatoms. The molecule has 19 heavy (non-hydrogen) atoms. The first-order valence-corrected chi connectivity index (χ1v) is 6.43. The Hall–Kier alpha value is -2.00. The van der Waals surface area contributed by atoms with Crippen molar-refractivity contribution in [1.29, 1.82) is 0 Å². The normalized spacial score (nSPS) is 21.4. The molecule has 0 spiro atoms. The molecule has 3 rings (SSSR count). The largest absolute Gasteiger partial charge is 0.497 e. The number of benzene rings is 2. The number of ether oxygens (including phenoxy) is 2. The van der Waals surface area contributed by atoms with E-state index in [0.29, 0.717) is 0 Å². The highest BCUT2D eigenvalue weighted by molar-refractivity contribution is 5.44. The minimum atomic E-state index is -0.000128. The Labute approximate surface area is 113 Å². The van der Waals surface area contributed by atoms with E-state index in [4.69, 9.17) is 15.2 Å². The lowest BCUT2D eigenvalue weighted by Crippen LogP contribution is -2.24. The Morgan fingerprint density at radius 2 is 1.95 bits per heavy atom. The van der Waals surface area contributed by atoms with Crippen molar-refractivity contribution in [3.05, 3.63) is 59.7 Å². The Morgan fingerprint density at radius 1 is 1.16 bits per heavy atom. The lowest BCUT2D eigenvalue weighted by atomic mass is 9.93. The van der Waals surface area contributed by atoms with Crippen LogP contribution in [0.25, 0.3) is 0 Å². The van der Waals surface area contributed by atoms with Crippen LogP contribution in [-0.4, -0.2) is 7.11 Å². The van der Waals surface area contributed by atoms with Gasteiger partial charge >= 0.3 is 0 Å². The molecule has 1 aliphatic rings. The van der Waals surface area contributed by atoms with Gasteiger partial charge in [0.25, 0.3) is 0 Å². The number of hydrogen-bond donors (Lipinski definition) is 1. The van der Waals surface area contributed by atoms with E-state index in [9.17, 15) is 0 Å². The van der Waals surface area contributed by atoms with E-state index in [-0.39, 0.29) is 12.1 Å². The predicted octanol–water partition coefficient (Wildman–Crippen LogP) is 3.22. The second kappa shape index (κ2) is 4.94. The first kappa shape index (κ1) is 12.1. The van der Waals surface area contributed by atoms with E-state index in [2.05, 4.69) is 12.1 Å². The van der Waals surface area contributed by atoms with E-state index in [1.807, 2.05) is 36.4 Å². The monoisotopic (exact) mass is 255 g/mol. The third-order valence-corrected chi connectivity index (χ3v) is 3.53. The summed E-state index contributed by atoms with van der Waals surface area (Å²) in [4.78, 5) is 0. The van der Waals surface area contributed by atoms with Gasteiger partial charge in [-0.15, -0.1) is 0 Å². The maximum Gasteiger partial charge on any atom is 0.128 e. The van der Waals surface area contributed by atoms with Crippen LogP contribution in [0.3, 0.4) is 0 Å². The molecule has 0 aliphatic carbocycles. The Bertz CT molecular complexity index is 568. The Balaban J connectivity index is 1.94. The van der Waals surface area contributed by atoms with Gasteiger partial charge in [0.05, 0.1) is 7.11 Å². The van der Waals surface area contributed by atoms with Crippen molar-refractivity contribution in [3.63, 3.8) is 0 Å². The van der Waals surface area contributed by atoms with Crippen LogP contribution < -0.4 is 15.2 Å². The molecule has 3 nitrogen and oxygen atoms in total. The van der Waals surface area contributed by atoms with Gasteiger partial charge in [0, 0.05) is 24.1 Å². The van der Waals surface area contributed by atoms with Crippen LogP contribution >= 0.6 is 0 Å². The highest BCUT2D eigenvalue weighted by Crippen LogP contribution is 2.41. The molecule has 0 bridgehead atoms. The number of rotatable bonds is 2. The standard InChI is InChI=1S/C16H17NO2/c1-18-12-7-8-13-14(17)10-15(19-16(13)9-12)11-5-3-2-4-6-11/h2-9,14-15H,10,17H2,1H3/t14-,15?/m1/s1. The zero-order chi connectivity index (χ0) is 13.2. The van der Waals surface area contributed by atoms with Crippen molar-refractivity contribution in [1.82, 2.24) is 0 Å². The number of hydrogen-bond acceptors (Lipinski definition) is 3. The molecule has 0 aromatic heterocycles. The van der Waals surface area contributed by atoms with Gasteiger partial charge in [-0.3, -0.25) is 0 Å². The zero-order valence-corrected chi connectivity index (χ0v) is 10.9. The minimum absolute atomic E-state index is 0.000128. The van der Waals surface area contributed by atoms with Crippen LogP contribution in [0.5, 0.6) is 11.5 Å². The average molecular weight is 255 g/mol. The van der Waals surface area contributed by atoms with Gasteiger partial charge in [0.1, 0.15) is 17.6 Å². The summed E-state index contributed by atoms with van der Waals surface area (Å²) in [5, 5.41) is 0. The quantitative estimate of drug-likeness (QED) is 0.896. The van der Waals surface area contributed by atoms with E-state index >= 15 is 0 Å². The van der Waals surface area contributed by atoms with Gasteiger partial charge < -0.3 is 15.2 Å². The van der Waals surface area contributed by atoms with Crippen LogP contribution in [0.4, 0.5) is 0 Å². The van der Waals surface area contributed by atoms with Crippen LogP contribution in [-0.2, 0) is 0 Å². The highest BCUT2D eigenvalue weighted by Gasteiger charge is 2.27. The van der Waals surface area contributed by atoms with E-state index < -0.39 is 0 Å². The number of methoxy groups -OCH3 is 1. The van der Waals surface area contributed by atoms with Gasteiger partial charge in [-0.2, -0.15) is 0 Å². The molecule has 2 aromatic carbocycles. The van der Waals surface area contributed by atoms with Gasteiger partial charge in [0.15, 0.2) is 0 Å². The summed E-state index contributed by atoms with van der Waals surface area (Å²) in [6, 6.07) is 16.0. The molecule has 98 valence electrons. The summed E-state index contributed by atoms with van der Waals surface area (Å²) in [5.74, 6) is 1.62. The molecule has 2 aromatic rings. The van der Waals surface area contributed by atoms with Crippen molar-refractivity contribution in [2.24, 2.45) is 5.73 Å². The third-order valence-electron chi connectivity index (χ3n) is 3.53. The Kier molecular flexibility index (Phi) is 3.13. The van der Waals surface area contributed by atoms with Crippen molar-refractivity contribution in [2.45, 2.75) is 18.6 Å². The molecule has 0 amide bonds. The smallest absolute Gasteiger partial charge is 0.128 e. The highest BCUT2D eigenvalue weighted by atomic mass is 16.5.